The van der Waals surface area contributed by atoms with Crippen LogP contribution in [-0.2, 0) is 28.6 Å². The molecule has 0 aromatic carbocycles. The van der Waals surface area contributed by atoms with Crippen molar-refractivity contribution in [1.29, 1.82) is 0 Å². The number of esters is 2. The quantitative estimate of drug-likeness (QED) is 0.0282. The summed E-state index contributed by atoms with van der Waals surface area (Å²) < 4.78 is 17.3. The zero-order valence-corrected chi connectivity index (χ0v) is 40.6. The van der Waals surface area contributed by atoms with Crippen LogP contribution in [0.25, 0.3) is 0 Å². The van der Waals surface area contributed by atoms with Crippen LogP contribution in [0.15, 0.2) is 72.9 Å². The van der Waals surface area contributed by atoms with Gasteiger partial charge in [-0.25, -0.2) is 4.79 Å². The molecule has 0 saturated heterocycles. The highest BCUT2D eigenvalue weighted by Crippen LogP contribution is 2.14. The summed E-state index contributed by atoms with van der Waals surface area (Å²) in [7, 11) is 5.52. The molecule has 0 aliphatic rings. The zero-order valence-electron chi connectivity index (χ0n) is 40.6. The fourth-order valence-electron chi connectivity index (χ4n) is 7.04. The summed E-state index contributed by atoms with van der Waals surface area (Å²) in [5, 5.41) is 9.65. The first-order chi connectivity index (χ1) is 30.1. The predicted molar refractivity (Wildman–Crippen MR) is 261 cm³/mol. The Morgan fingerprint density at radius 1 is 0.484 bits per heavy atom. The van der Waals surface area contributed by atoms with E-state index in [9.17, 15) is 19.5 Å². The largest absolute Gasteiger partial charge is 0.477 e. The van der Waals surface area contributed by atoms with Gasteiger partial charge in [0.05, 0.1) is 34.4 Å². The number of ether oxygens (including phenoxy) is 3. The molecule has 0 saturated carbocycles. The monoisotopic (exact) mass is 869 g/mol. The molecule has 0 aliphatic heterocycles. The van der Waals surface area contributed by atoms with Crippen molar-refractivity contribution in [3.8, 4) is 0 Å². The minimum Gasteiger partial charge on any atom is -0.477 e. The van der Waals surface area contributed by atoms with E-state index in [0.717, 1.165) is 64.2 Å². The molecule has 0 rings (SSSR count). The van der Waals surface area contributed by atoms with E-state index in [0.29, 0.717) is 19.3 Å². The van der Waals surface area contributed by atoms with Crippen molar-refractivity contribution in [3.63, 3.8) is 0 Å². The number of allylic oxidation sites excluding steroid dienone is 12. The van der Waals surface area contributed by atoms with Crippen LogP contribution in [0.5, 0.6) is 0 Å². The topological polar surface area (TPSA) is 99.1 Å². The van der Waals surface area contributed by atoms with Crippen LogP contribution in [0, 0.1) is 0 Å². The van der Waals surface area contributed by atoms with Gasteiger partial charge in [-0.1, -0.05) is 189 Å². The van der Waals surface area contributed by atoms with Gasteiger partial charge >= 0.3 is 17.9 Å². The zero-order chi connectivity index (χ0) is 45.6. The average Bonchev–Trinajstić information content (AvgIpc) is 3.23. The number of likely N-dealkylation sites (N-methyl/N-ethyl adjacent to an activating group) is 1. The maximum absolute atomic E-state index is 12.8. The van der Waals surface area contributed by atoms with E-state index in [-0.39, 0.29) is 36.2 Å². The molecule has 0 aromatic rings. The Bertz CT molecular complexity index is 1240. The van der Waals surface area contributed by atoms with Crippen LogP contribution in [0.4, 0.5) is 0 Å². The number of hydrogen-bond acceptors (Lipinski definition) is 6. The van der Waals surface area contributed by atoms with E-state index in [1.807, 2.05) is 21.1 Å². The molecular weight excluding hydrogens is 775 g/mol. The first kappa shape index (κ1) is 58.8. The fraction of sp³-hybridized carbons (Fsp3) is 0.722. The standard InChI is InChI=1S/C54H93NO7/c1-6-8-10-12-14-16-18-20-22-24-26-27-29-30-32-34-36-38-40-42-44-52(56)61-49-50(48-60-47-46-51(54(58)59)55(3,4)5)62-53(57)45-43-41-39-37-35-33-31-28-25-23-21-19-17-15-13-11-9-7-2/h15-23,25,28,31,50-51H,6-14,24,26-27,29-30,32-49H2,1-5H3/p+1/b17-15+,18-16+,21-19+,22-20+,25-23+,31-28+. The minimum absolute atomic E-state index is 0.0472. The van der Waals surface area contributed by atoms with Crippen molar-refractivity contribution < 1.29 is 38.2 Å². The molecule has 356 valence electrons. The van der Waals surface area contributed by atoms with Crippen LogP contribution in [0.2, 0.25) is 0 Å². The molecule has 0 spiro atoms. The van der Waals surface area contributed by atoms with Gasteiger partial charge in [0, 0.05) is 19.3 Å². The van der Waals surface area contributed by atoms with Gasteiger partial charge < -0.3 is 23.8 Å². The smallest absolute Gasteiger partial charge is 0.362 e. The normalized spacial score (nSPS) is 13.5. The third-order valence-corrected chi connectivity index (χ3v) is 11.0. The molecule has 62 heavy (non-hydrogen) atoms. The molecule has 8 nitrogen and oxygen atoms in total. The van der Waals surface area contributed by atoms with Gasteiger partial charge in [0.2, 0.25) is 0 Å². The summed E-state index contributed by atoms with van der Waals surface area (Å²) in [4.78, 5) is 37.1. The Morgan fingerprint density at radius 3 is 1.31 bits per heavy atom. The van der Waals surface area contributed by atoms with Gasteiger partial charge in [0.15, 0.2) is 12.1 Å². The number of hydrogen-bond donors (Lipinski definition) is 1. The SMILES string of the molecule is CCCCC/C=C/C=C/C=C/C=C/CCCCCCCC(=O)OC(COCCC(C(=O)O)[N+](C)(C)C)COC(=O)CCCCCCCCCCCC/C=C/C=C/CCCCCC. The van der Waals surface area contributed by atoms with Gasteiger partial charge in [-0.3, -0.25) is 9.59 Å². The predicted octanol–water partition coefficient (Wildman–Crippen LogP) is 14.3. The number of unbranched alkanes of at least 4 members (excludes halogenated alkanes) is 22. The number of quaternary nitrogens is 1. The molecule has 0 heterocycles. The van der Waals surface area contributed by atoms with Crippen molar-refractivity contribution >= 4 is 17.9 Å². The van der Waals surface area contributed by atoms with Crippen LogP contribution < -0.4 is 0 Å². The van der Waals surface area contributed by atoms with Crippen LogP contribution in [-0.4, -0.2) is 80.6 Å². The fourth-order valence-corrected chi connectivity index (χ4v) is 7.04. The Balaban J connectivity index is 4.33. The van der Waals surface area contributed by atoms with Gasteiger partial charge in [-0.05, 0) is 64.2 Å². The number of carbonyl (C=O) groups excluding carboxylic acids is 2. The van der Waals surface area contributed by atoms with Crippen molar-refractivity contribution in [2.45, 2.75) is 212 Å². The van der Waals surface area contributed by atoms with E-state index >= 15 is 0 Å². The summed E-state index contributed by atoms with van der Waals surface area (Å²) in [5.74, 6) is -1.50. The van der Waals surface area contributed by atoms with Crippen molar-refractivity contribution in [2.24, 2.45) is 0 Å². The van der Waals surface area contributed by atoms with Gasteiger partial charge in [0.1, 0.15) is 6.61 Å². The van der Waals surface area contributed by atoms with Gasteiger partial charge in [-0.2, -0.15) is 0 Å². The Hall–Kier alpha value is -3.23. The summed E-state index contributed by atoms with van der Waals surface area (Å²) in [6, 6.07) is -0.623. The lowest BCUT2D eigenvalue weighted by Crippen LogP contribution is -2.50. The molecule has 0 radical (unpaired) electrons. The van der Waals surface area contributed by atoms with Gasteiger partial charge in [0.25, 0.3) is 0 Å². The molecule has 0 amide bonds. The second-order valence-electron chi connectivity index (χ2n) is 17.8. The molecule has 2 atom stereocenters. The van der Waals surface area contributed by atoms with Crippen LogP contribution in [0.1, 0.15) is 200 Å². The molecule has 0 fully saturated rings. The first-order valence-electron chi connectivity index (χ1n) is 25.0. The Kier molecular flexibility index (Phi) is 42.1. The molecule has 8 heteroatoms. The van der Waals surface area contributed by atoms with E-state index in [4.69, 9.17) is 14.2 Å². The average molecular weight is 869 g/mol. The highest BCUT2D eigenvalue weighted by molar-refractivity contribution is 5.72. The van der Waals surface area contributed by atoms with E-state index in [2.05, 4.69) is 86.8 Å². The lowest BCUT2D eigenvalue weighted by Gasteiger charge is -2.31. The van der Waals surface area contributed by atoms with Gasteiger partial charge in [-0.15, -0.1) is 0 Å². The lowest BCUT2D eigenvalue weighted by atomic mass is 10.1. The maximum Gasteiger partial charge on any atom is 0.362 e. The number of carbonyl (C=O) groups is 3. The summed E-state index contributed by atoms with van der Waals surface area (Å²) in [5.41, 5.74) is 0. The maximum atomic E-state index is 12.8. The molecular formula is C54H94NO7+. The summed E-state index contributed by atoms with van der Waals surface area (Å²) in [6.45, 7) is 4.66. The third-order valence-electron chi connectivity index (χ3n) is 11.0. The number of carboxylic acids is 1. The van der Waals surface area contributed by atoms with Crippen molar-refractivity contribution in [3.05, 3.63) is 72.9 Å². The molecule has 1 N–H and O–H groups in total. The molecule has 0 aromatic heterocycles. The lowest BCUT2D eigenvalue weighted by molar-refractivity contribution is -0.887. The van der Waals surface area contributed by atoms with E-state index in [1.54, 1.807) is 0 Å². The first-order valence-corrected chi connectivity index (χ1v) is 25.0. The Morgan fingerprint density at radius 2 is 0.855 bits per heavy atom. The van der Waals surface area contributed by atoms with E-state index in [1.165, 1.54) is 103 Å². The second-order valence-corrected chi connectivity index (χ2v) is 17.8. The third kappa shape index (κ3) is 42.1. The highest BCUT2D eigenvalue weighted by atomic mass is 16.6. The number of carboxylic acid groups (broad SMARTS) is 1. The summed E-state index contributed by atoms with van der Waals surface area (Å²) >= 11 is 0. The highest BCUT2D eigenvalue weighted by Gasteiger charge is 2.31. The van der Waals surface area contributed by atoms with Crippen LogP contribution in [0.3, 0.4) is 0 Å². The number of nitrogens with zero attached hydrogens (tertiary/aromatic N) is 1. The summed E-state index contributed by atoms with van der Waals surface area (Å²) in [6.07, 6.45) is 56.5. The number of aliphatic carboxylic acids is 1. The Labute approximate surface area is 381 Å². The van der Waals surface area contributed by atoms with Crippen LogP contribution >= 0.6 is 0 Å². The number of rotatable bonds is 44. The second kappa shape index (κ2) is 44.4. The molecule has 0 aliphatic carbocycles. The molecule has 0 bridgehead atoms. The molecule has 2 unspecified atom stereocenters. The van der Waals surface area contributed by atoms with Crippen molar-refractivity contribution in [2.75, 3.05) is 41.0 Å². The van der Waals surface area contributed by atoms with E-state index < -0.39 is 18.1 Å². The van der Waals surface area contributed by atoms with Crippen molar-refractivity contribution in [1.82, 2.24) is 0 Å². The minimum atomic E-state index is -0.881.